The lowest BCUT2D eigenvalue weighted by Gasteiger charge is -2.03. The molecule has 0 aliphatic carbocycles. The quantitative estimate of drug-likeness (QED) is 0.641. The number of nitrogens with one attached hydrogen (secondary N) is 1. The Kier molecular flexibility index (Phi) is 4.81. The normalized spacial score (nSPS) is 12.2. The van der Waals surface area contributed by atoms with Crippen LogP contribution in [0.5, 0.6) is 11.5 Å². The van der Waals surface area contributed by atoms with Gasteiger partial charge >= 0.3 is 0 Å². The molecule has 7 heteroatoms. The van der Waals surface area contributed by atoms with Crippen molar-refractivity contribution in [3.05, 3.63) is 53.5 Å². The Hall–Kier alpha value is -2.51. The number of hydrogen-bond acceptors (Lipinski definition) is 6. The van der Waals surface area contributed by atoms with E-state index >= 15 is 0 Å². The Labute approximate surface area is 159 Å². The highest BCUT2D eigenvalue weighted by Gasteiger charge is 2.15. The van der Waals surface area contributed by atoms with Crippen molar-refractivity contribution in [2.75, 3.05) is 12.1 Å². The maximum atomic E-state index is 11.1. The third-order valence-corrected chi connectivity index (χ3v) is 5.72. The van der Waals surface area contributed by atoms with Gasteiger partial charge in [0.15, 0.2) is 11.5 Å². The summed E-state index contributed by atoms with van der Waals surface area (Å²) in [7, 11) is 0. The summed E-state index contributed by atoms with van der Waals surface area (Å²) in [4.78, 5) is 16.9. The Bertz CT molecular complexity index is 938. The maximum Gasteiger partial charge on any atom is 0.231 e. The van der Waals surface area contributed by atoms with Crippen LogP contribution in [0.2, 0.25) is 0 Å². The zero-order valence-corrected chi connectivity index (χ0v) is 15.7. The number of rotatable bonds is 5. The van der Waals surface area contributed by atoms with Crippen LogP contribution in [0.3, 0.4) is 0 Å². The van der Waals surface area contributed by atoms with Gasteiger partial charge in [0.2, 0.25) is 12.7 Å². The average Bonchev–Trinajstić information content (AvgIpc) is 3.29. The molecular weight excluding hydrogens is 368 g/mol. The molecule has 2 aromatic carbocycles. The van der Waals surface area contributed by atoms with E-state index < -0.39 is 0 Å². The standard InChI is InChI=1S/C19H16N2O3S2/c1-12(22)20-14-3-5-16(6-4-14)25-9-15-10-26-19(21-15)13-2-7-17-18(8-13)24-11-23-17/h2-8,10H,9,11H2,1H3,(H,20,22). The summed E-state index contributed by atoms with van der Waals surface area (Å²) in [5.41, 5.74) is 2.88. The van der Waals surface area contributed by atoms with E-state index in [2.05, 4.69) is 10.7 Å². The minimum absolute atomic E-state index is 0.0658. The zero-order valence-electron chi connectivity index (χ0n) is 14.0. The lowest BCUT2D eigenvalue weighted by molar-refractivity contribution is -0.114. The molecule has 0 unspecified atom stereocenters. The topological polar surface area (TPSA) is 60.5 Å². The van der Waals surface area contributed by atoms with Gasteiger partial charge in [0.05, 0.1) is 5.69 Å². The number of nitrogens with zero attached hydrogens (tertiary/aromatic N) is 1. The lowest BCUT2D eigenvalue weighted by Crippen LogP contribution is -2.05. The summed E-state index contributed by atoms with van der Waals surface area (Å²) >= 11 is 3.34. The van der Waals surface area contributed by atoms with Crippen molar-refractivity contribution >= 4 is 34.7 Å². The van der Waals surface area contributed by atoms with Gasteiger partial charge in [-0.05, 0) is 42.5 Å². The van der Waals surface area contributed by atoms with Crippen molar-refractivity contribution in [2.24, 2.45) is 0 Å². The van der Waals surface area contributed by atoms with Gasteiger partial charge in [0.1, 0.15) is 5.01 Å². The highest BCUT2D eigenvalue weighted by molar-refractivity contribution is 7.98. The molecule has 1 aromatic heterocycles. The van der Waals surface area contributed by atoms with E-state index in [1.807, 2.05) is 42.5 Å². The number of thiazole rings is 1. The van der Waals surface area contributed by atoms with Crippen LogP contribution < -0.4 is 14.8 Å². The number of fused-ring (bicyclic) bond motifs is 1. The number of benzene rings is 2. The molecule has 1 N–H and O–H groups in total. The van der Waals surface area contributed by atoms with Crippen molar-refractivity contribution in [3.8, 4) is 22.1 Å². The number of aromatic nitrogens is 1. The van der Waals surface area contributed by atoms with Gasteiger partial charge in [0.25, 0.3) is 0 Å². The number of ether oxygens (including phenoxy) is 2. The molecule has 4 rings (SSSR count). The van der Waals surface area contributed by atoms with Gasteiger partial charge in [-0.3, -0.25) is 4.79 Å². The van der Waals surface area contributed by atoms with Crippen LogP contribution >= 0.6 is 23.1 Å². The van der Waals surface area contributed by atoms with Crippen LogP contribution in [0.25, 0.3) is 10.6 Å². The molecule has 1 amide bonds. The van der Waals surface area contributed by atoms with Crippen LogP contribution in [-0.2, 0) is 10.5 Å². The monoisotopic (exact) mass is 384 g/mol. The number of amides is 1. The highest BCUT2D eigenvalue weighted by atomic mass is 32.2. The molecule has 0 bridgehead atoms. The molecule has 5 nitrogen and oxygen atoms in total. The smallest absolute Gasteiger partial charge is 0.231 e. The predicted molar refractivity (Wildman–Crippen MR) is 104 cm³/mol. The number of thioether (sulfide) groups is 1. The molecule has 26 heavy (non-hydrogen) atoms. The maximum absolute atomic E-state index is 11.1. The predicted octanol–water partition coefficient (Wildman–Crippen LogP) is 4.79. The molecule has 0 saturated carbocycles. The van der Waals surface area contributed by atoms with Crippen molar-refractivity contribution in [1.82, 2.24) is 4.98 Å². The molecule has 0 atom stereocenters. The van der Waals surface area contributed by atoms with Gasteiger partial charge in [-0.1, -0.05) is 0 Å². The van der Waals surface area contributed by atoms with Gasteiger partial charge in [0, 0.05) is 34.2 Å². The number of hydrogen-bond donors (Lipinski definition) is 1. The third kappa shape index (κ3) is 3.84. The molecule has 132 valence electrons. The lowest BCUT2D eigenvalue weighted by atomic mass is 10.2. The first kappa shape index (κ1) is 16.9. The Morgan fingerprint density at radius 2 is 2.00 bits per heavy atom. The minimum atomic E-state index is -0.0658. The van der Waals surface area contributed by atoms with E-state index in [4.69, 9.17) is 14.5 Å². The molecule has 0 fully saturated rings. The van der Waals surface area contributed by atoms with Crippen LogP contribution in [0.15, 0.2) is 52.7 Å². The summed E-state index contributed by atoms with van der Waals surface area (Å²) in [6, 6.07) is 13.7. The second kappa shape index (κ2) is 7.39. The molecule has 3 aromatic rings. The third-order valence-electron chi connectivity index (χ3n) is 3.73. The summed E-state index contributed by atoms with van der Waals surface area (Å²) < 4.78 is 10.8. The summed E-state index contributed by atoms with van der Waals surface area (Å²) in [6.45, 7) is 1.78. The molecule has 0 radical (unpaired) electrons. The summed E-state index contributed by atoms with van der Waals surface area (Å²) in [6.07, 6.45) is 0. The van der Waals surface area contributed by atoms with Gasteiger partial charge < -0.3 is 14.8 Å². The van der Waals surface area contributed by atoms with E-state index in [0.29, 0.717) is 0 Å². The Morgan fingerprint density at radius 3 is 2.81 bits per heavy atom. The van der Waals surface area contributed by atoms with Crippen LogP contribution in [0.1, 0.15) is 12.6 Å². The van der Waals surface area contributed by atoms with Crippen molar-refractivity contribution in [1.29, 1.82) is 0 Å². The number of carbonyl (C=O) groups excluding carboxylic acids is 1. The largest absolute Gasteiger partial charge is 0.454 e. The van der Waals surface area contributed by atoms with E-state index in [1.54, 1.807) is 23.1 Å². The number of anilines is 1. The van der Waals surface area contributed by atoms with Crippen LogP contribution in [0, 0.1) is 0 Å². The fourth-order valence-electron chi connectivity index (χ4n) is 2.53. The van der Waals surface area contributed by atoms with Crippen molar-refractivity contribution < 1.29 is 14.3 Å². The van der Waals surface area contributed by atoms with Crippen LogP contribution in [-0.4, -0.2) is 17.7 Å². The first-order valence-corrected chi connectivity index (χ1v) is 9.89. The van der Waals surface area contributed by atoms with Crippen molar-refractivity contribution in [3.63, 3.8) is 0 Å². The molecular formula is C19H16N2O3S2. The molecule has 2 heterocycles. The molecule has 1 aliphatic rings. The minimum Gasteiger partial charge on any atom is -0.454 e. The summed E-state index contributed by atoms with van der Waals surface area (Å²) in [5, 5.41) is 5.82. The average molecular weight is 384 g/mol. The van der Waals surface area contributed by atoms with Crippen LogP contribution in [0.4, 0.5) is 5.69 Å². The fraction of sp³-hybridized carbons (Fsp3) is 0.158. The number of carbonyl (C=O) groups is 1. The Morgan fingerprint density at radius 1 is 1.19 bits per heavy atom. The molecule has 1 aliphatic heterocycles. The first-order valence-electron chi connectivity index (χ1n) is 8.02. The second-order valence-corrected chi connectivity index (χ2v) is 7.61. The van der Waals surface area contributed by atoms with Crippen molar-refractivity contribution in [2.45, 2.75) is 17.6 Å². The molecule has 0 spiro atoms. The van der Waals surface area contributed by atoms with E-state index in [1.165, 1.54) is 6.92 Å². The van der Waals surface area contributed by atoms with E-state index in [-0.39, 0.29) is 12.7 Å². The first-order chi connectivity index (χ1) is 12.7. The van der Waals surface area contributed by atoms with Gasteiger partial charge in [-0.2, -0.15) is 0 Å². The zero-order chi connectivity index (χ0) is 17.9. The SMILES string of the molecule is CC(=O)Nc1ccc(SCc2csc(-c3ccc4c(c3)OCO4)n2)cc1. The van der Waals surface area contributed by atoms with E-state index in [0.717, 1.165) is 44.1 Å². The second-order valence-electron chi connectivity index (χ2n) is 5.71. The van der Waals surface area contributed by atoms with E-state index in [9.17, 15) is 4.79 Å². The summed E-state index contributed by atoms with van der Waals surface area (Å²) in [5.74, 6) is 2.28. The van der Waals surface area contributed by atoms with Gasteiger partial charge in [-0.25, -0.2) is 4.98 Å². The fourth-order valence-corrected chi connectivity index (χ4v) is 4.24. The van der Waals surface area contributed by atoms with Gasteiger partial charge in [-0.15, -0.1) is 23.1 Å². The Balaban J connectivity index is 1.40. The highest BCUT2D eigenvalue weighted by Crippen LogP contribution is 2.37. The molecule has 0 saturated heterocycles.